The summed E-state index contributed by atoms with van der Waals surface area (Å²) in [6.07, 6.45) is 0.725. The first kappa shape index (κ1) is 12.7. The molecule has 0 aliphatic rings. The second-order valence-electron chi connectivity index (χ2n) is 4.09. The molecule has 0 spiro atoms. The number of aryl methyl sites for hydroxylation is 1. The van der Waals surface area contributed by atoms with Crippen LogP contribution < -0.4 is 0 Å². The third-order valence-corrected chi connectivity index (χ3v) is 3.89. The average molecular weight is 290 g/mol. The highest BCUT2D eigenvalue weighted by Crippen LogP contribution is 2.29. The summed E-state index contributed by atoms with van der Waals surface area (Å²) < 4.78 is 28.5. The molecule has 0 radical (unpaired) electrons. The molecule has 4 nitrogen and oxygen atoms in total. The van der Waals surface area contributed by atoms with Crippen LogP contribution in [0.5, 0.6) is 0 Å². The minimum atomic E-state index is -0.621. The second-order valence-corrected chi connectivity index (χ2v) is 5.13. The number of hydrogen-bond acceptors (Lipinski definition) is 4. The molecule has 0 saturated heterocycles. The van der Waals surface area contributed by atoms with Crippen LogP contribution in [0.15, 0.2) is 18.2 Å². The van der Waals surface area contributed by atoms with Gasteiger partial charge in [-0.3, -0.25) is 0 Å². The molecule has 7 heteroatoms. The summed E-state index contributed by atoms with van der Waals surface area (Å²) >= 11 is 1.33. The molecule has 0 aliphatic carbocycles. The zero-order chi connectivity index (χ0) is 14.3. The van der Waals surface area contributed by atoms with Crippen LogP contribution in [0.3, 0.4) is 0 Å². The van der Waals surface area contributed by atoms with Crippen LogP contribution in [0.1, 0.15) is 17.6 Å². The number of hydrogen-bond donors (Lipinski definition) is 0. The molecular formula is C13H8F2N4S. The van der Waals surface area contributed by atoms with E-state index in [0.29, 0.717) is 4.96 Å². The topological polar surface area (TPSA) is 54.0 Å². The lowest BCUT2D eigenvalue weighted by Crippen LogP contribution is -1.94. The number of aromatic nitrogens is 3. The lowest BCUT2D eigenvalue weighted by molar-refractivity contribution is 0.602. The van der Waals surface area contributed by atoms with E-state index in [9.17, 15) is 14.0 Å². The van der Waals surface area contributed by atoms with E-state index in [-0.39, 0.29) is 17.0 Å². The SMILES string of the molecule is CCc1nn2c(C#N)c(-c3cc(F)ccc3F)nc2s1. The quantitative estimate of drug-likeness (QED) is 0.728. The number of rotatable bonds is 2. The number of fused-ring (bicyclic) bond motifs is 1. The zero-order valence-corrected chi connectivity index (χ0v) is 11.2. The minimum absolute atomic E-state index is 0.0303. The van der Waals surface area contributed by atoms with Gasteiger partial charge in [0, 0.05) is 5.56 Å². The maximum Gasteiger partial charge on any atom is 0.214 e. The molecule has 0 unspecified atom stereocenters. The molecule has 0 amide bonds. The van der Waals surface area contributed by atoms with Crippen LogP contribution in [-0.4, -0.2) is 14.6 Å². The van der Waals surface area contributed by atoms with Crippen molar-refractivity contribution >= 4 is 16.3 Å². The van der Waals surface area contributed by atoms with Gasteiger partial charge in [0.1, 0.15) is 28.4 Å². The van der Waals surface area contributed by atoms with Crippen molar-refractivity contribution in [1.29, 1.82) is 5.26 Å². The van der Waals surface area contributed by atoms with Gasteiger partial charge in [-0.25, -0.2) is 13.8 Å². The van der Waals surface area contributed by atoms with Gasteiger partial charge in [0.2, 0.25) is 4.96 Å². The van der Waals surface area contributed by atoms with E-state index in [0.717, 1.165) is 29.6 Å². The molecule has 0 bridgehead atoms. The van der Waals surface area contributed by atoms with Crippen LogP contribution in [0.4, 0.5) is 8.78 Å². The Hall–Kier alpha value is -2.33. The van der Waals surface area contributed by atoms with Crippen molar-refractivity contribution in [3.63, 3.8) is 0 Å². The van der Waals surface area contributed by atoms with Gasteiger partial charge in [-0.05, 0) is 24.6 Å². The average Bonchev–Trinajstić information content (AvgIpc) is 2.97. The van der Waals surface area contributed by atoms with E-state index in [1.165, 1.54) is 15.9 Å². The van der Waals surface area contributed by atoms with Gasteiger partial charge in [-0.1, -0.05) is 18.3 Å². The van der Waals surface area contributed by atoms with Crippen molar-refractivity contribution in [2.24, 2.45) is 0 Å². The van der Waals surface area contributed by atoms with Gasteiger partial charge in [0.15, 0.2) is 5.69 Å². The van der Waals surface area contributed by atoms with Crippen molar-refractivity contribution in [3.8, 4) is 17.3 Å². The maximum absolute atomic E-state index is 13.8. The van der Waals surface area contributed by atoms with Gasteiger partial charge >= 0.3 is 0 Å². The summed E-state index contributed by atoms with van der Waals surface area (Å²) in [7, 11) is 0. The highest BCUT2D eigenvalue weighted by atomic mass is 32.1. The van der Waals surface area contributed by atoms with Crippen LogP contribution in [-0.2, 0) is 6.42 Å². The first-order valence-corrected chi connectivity index (χ1v) is 6.69. The Bertz CT molecular complexity index is 844. The molecule has 3 rings (SSSR count). The molecule has 20 heavy (non-hydrogen) atoms. The maximum atomic E-state index is 13.8. The minimum Gasteiger partial charge on any atom is -0.216 e. The Morgan fingerprint density at radius 2 is 2.20 bits per heavy atom. The zero-order valence-electron chi connectivity index (χ0n) is 10.4. The van der Waals surface area contributed by atoms with Gasteiger partial charge in [0.25, 0.3) is 0 Å². The predicted octanol–water partition coefficient (Wildman–Crippen LogP) is 3.17. The fourth-order valence-electron chi connectivity index (χ4n) is 1.90. The third-order valence-electron chi connectivity index (χ3n) is 2.84. The number of nitrogens with zero attached hydrogens (tertiary/aromatic N) is 4. The van der Waals surface area contributed by atoms with Crippen LogP contribution in [0, 0.1) is 23.0 Å². The fourth-order valence-corrected chi connectivity index (χ4v) is 2.73. The molecule has 0 saturated carbocycles. The van der Waals surface area contributed by atoms with E-state index >= 15 is 0 Å². The first-order chi connectivity index (χ1) is 9.63. The summed E-state index contributed by atoms with van der Waals surface area (Å²) in [6.45, 7) is 1.94. The molecule has 0 fully saturated rings. The molecule has 2 heterocycles. The molecule has 3 aromatic rings. The summed E-state index contributed by atoms with van der Waals surface area (Å²) in [5.74, 6) is -1.20. The lowest BCUT2D eigenvalue weighted by Gasteiger charge is -2.00. The Morgan fingerprint density at radius 3 is 2.90 bits per heavy atom. The Kier molecular flexibility index (Phi) is 2.95. The molecule has 0 aliphatic heterocycles. The van der Waals surface area contributed by atoms with Crippen LogP contribution in [0.25, 0.3) is 16.2 Å². The number of imidazole rings is 1. The molecule has 0 N–H and O–H groups in total. The Balaban J connectivity index is 2.29. The summed E-state index contributed by atoms with van der Waals surface area (Å²) in [5, 5.41) is 14.3. The second kappa shape index (κ2) is 4.65. The summed E-state index contributed by atoms with van der Waals surface area (Å²) in [4.78, 5) is 4.71. The Labute approximate surface area is 116 Å². The van der Waals surface area contributed by atoms with Crippen molar-refractivity contribution < 1.29 is 8.78 Å². The van der Waals surface area contributed by atoms with E-state index < -0.39 is 11.6 Å². The summed E-state index contributed by atoms with van der Waals surface area (Å²) in [5.41, 5.74) is 0.198. The van der Waals surface area contributed by atoms with Gasteiger partial charge in [0.05, 0.1) is 0 Å². The largest absolute Gasteiger partial charge is 0.216 e. The first-order valence-electron chi connectivity index (χ1n) is 5.88. The smallest absolute Gasteiger partial charge is 0.214 e. The predicted molar refractivity (Wildman–Crippen MR) is 70.3 cm³/mol. The van der Waals surface area contributed by atoms with Crippen molar-refractivity contribution in [2.75, 3.05) is 0 Å². The normalized spacial score (nSPS) is 10.9. The van der Waals surface area contributed by atoms with E-state index in [1.54, 1.807) is 0 Å². The van der Waals surface area contributed by atoms with Gasteiger partial charge in [-0.2, -0.15) is 14.9 Å². The monoisotopic (exact) mass is 290 g/mol. The molecule has 1 aromatic carbocycles. The lowest BCUT2D eigenvalue weighted by atomic mass is 10.1. The van der Waals surface area contributed by atoms with Crippen molar-refractivity contribution in [3.05, 3.63) is 40.5 Å². The summed E-state index contributed by atoms with van der Waals surface area (Å²) in [6, 6.07) is 5.03. The molecule has 100 valence electrons. The van der Waals surface area contributed by atoms with E-state index in [1.807, 2.05) is 13.0 Å². The standard InChI is InChI=1S/C13H8F2N4S/c1-2-11-18-19-10(6-16)12(17-13(19)20-11)8-5-7(14)3-4-9(8)15/h3-5H,2H2,1H3. The third kappa shape index (κ3) is 1.85. The van der Waals surface area contributed by atoms with Crippen molar-refractivity contribution in [2.45, 2.75) is 13.3 Å². The van der Waals surface area contributed by atoms with E-state index in [2.05, 4.69) is 10.1 Å². The van der Waals surface area contributed by atoms with Gasteiger partial charge in [-0.15, -0.1) is 0 Å². The molecule has 2 aromatic heterocycles. The highest BCUT2D eigenvalue weighted by Gasteiger charge is 2.20. The number of nitriles is 1. The fraction of sp³-hybridized carbons (Fsp3) is 0.154. The van der Waals surface area contributed by atoms with Crippen LogP contribution in [0.2, 0.25) is 0 Å². The van der Waals surface area contributed by atoms with Crippen LogP contribution >= 0.6 is 11.3 Å². The Morgan fingerprint density at radius 1 is 1.40 bits per heavy atom. The number of halogens is 2. The van der Waals surface area contributed by atoms with Crippen molar-refractivity contribution in [1.82, 2.24) is 14.6 Å². The highest BCUT2D eigenvalue weighted by molar-refractivity contribution is 7.16. The van der Waals surface area contributed by atoms with E-state index in [4.69, 9.17) is 0 Å². The number of benzene rings is 1. The molecule has 0 atom stereocenters. The van der Waals surface area contributed by atoms with Gasteiger partial charge < -0.3 is 0 Å². The molecular weight excluding hydrogens is 282 g/mol.